The molecule has 0 aliphatic rings. The summed E-state index contributed by atoms with van der Waals surface area (Å²) in [5, 5.41) is 20.4. The van der Waals surface area contributed by atoms with Crippen LogP contribution in [0.3, 0.4) is 0 Å². The summed E-state index contributed by atoms with van der Waals surface area (Å²) in [7, 11) is 0. The van der Waals surface area contributed by atoms with Crippen molar-refractivity contribution in [2.24, 2.45) is 0 Å². The van der Waals surface area contributed by atoms with E-state index in [4.69, 9.17) is 5.26 Å². The van der Waals surface area contributed by atoms with Crippen LogP contribution in [-0.4, -0.2) is 29.9 Å². The van der Waals surface area contributed by atoms with Crippen LogP contribution in [0.25, 0.3) is 17.0 Å². The maximum Gasteiger partial charge on any atom is 0.272 e. The summed E-state index contributed by atoms with van der Waals surface area (Å²) < 4.78 is 1.32. The first-order chi connectivity index (χ1) is 8.36. The summed E-state index contributed by atoms with van der Waals surface area (Å²) in [5.74, 6) is 0.361. The third kappa shape index (κ3) is 1.57. The summed E-state index contributed by atoms with van der Waals surface area (Å²) in [4.78, 5) is 8.04. The van der Waals surface area contributed by atoms with Gasteiger partial charge in [0, 0.05) is 0 Å². The SMILES string of the molecule is N#Cc1ncn(-c2nnc3ccccc3n2)n1. The lowest BCUT2D eigenvalue weighted by Crippen LogP contribution is -2.03. The number of benzene rings is 1. The van der Waals surface area contributed by atoms with Crippen molar-refractivity contribution >= 4 is 11.0 Å². The van der Waals surface area contributed by atoms with Gasteiger partial charge in [0.2, 0.25) is 0 Å². The Balaban J connectivity index is 2.15. The molecule has 0 unspecified atom stereocenters. The van der Waals surface area contributed by atoms with Gasteiger partial charge in [-0.3, -0.25) is 0 Å². The molecule has 0 aliphatic carbocycles. The minimum atomic E-state index is 0.0711. The van der Waals surface area contributed by atoms with Crippen LogP contribution in [0.15, 0.2) is 30.6 Å². The number of hydrogen-bond acceptors (Lipinski definition) is 6. The Kier molecular flexibility index (Phi) is 1.98. The molecule has 7 nitrogen and oxygen atoms in total. The van der Waals surface area contributed by atoms with Gasteiger partial charge in [-0.2, -0.15) is 9.94 Å². The molecule has 0 N–H and O–H groups in total. The van der Waals surface area contributed by atoms with Crippen molar-refractivity contribution in [3.63, 3.8) is 0 Å². The molecule has 0 aliphatic heterocycles. The second-order valence-corrected chi connectivity index (χ2v) is 3.23. The molecule has 0 amide bonds. The molecule has 3 aromatic rings. The first-order valence-electron chi connectivity index (χ1n) is 4.78. The molecular formula is C10H5N7. The lowest BCUT2D eigenvalue weighted by Gasteiger charge is -1.98. The average molecular weight is 223 g/mol. The Morgan fingerprint density at radius 2 is 1.94 bits per heavy atom. The molecular weight excluding hydrogens is 218 g/mol. The van der Waals surface area contributed by atoms with Crippen LogP contribution in [0.1, 0.15) is 5.82 Å². The molecule has 0 saturated heterocycles. The minimum Gasteiger partial charge on any atom is -0.208 e. The Labute approximate surface area is 95.4 Å². The van der Waals surface area contributed by atoms with Crippen molar-refractivity contribution < 1.29 is 0 Å². The maximum absolute atomic E-state index is 8.62. The van der Waals surface area contributed by atoms with Crippen LogP contribution in [0.2, 0.25) is 0 Å². The monoisotopic (exact) mass is 223 g/mol. The summed E-state index contributed by atoms with van der Waals surface area (Å²) in [6, 6.07) is 9.21. The zero-order valence-corrected chi connectivity index (χ0v) is 8.52. The topological polar surface area (TPSA) is 93.2 Å². The number of para-hydroxylation sites is 1. The second kappa shape index (κ2) is 3.61. The average Bonchev–Trinajstić information content (AvgIpc) is 2.87. The van der Waals surface area contributed by atoms with E-state index in [1.54, 1.807) is 0 Å². The van der Waals surface area contributed by atoms with Crippen molar-refractivity contribution in [2.45, 2.75) is 0 Å². The van der Waals surface area contributed by atoms with Gasteiger partial charge in [-0.1, -0.05) is 12.1 Å². The highest BCUT2D eigenvalue weighted by molar-refractivity contribution is 5.73. The van der Waals surface area contributed by atoms with Gasteiger partial charge in [0.25, 0.3) is 11.8 Å². The van der Waals surface area contributed by atoms with E-state index < -0.39 is 0 Å². The Morgan fingerprint density at radius 3 is 2.71 bits per heavy atom. The maximum atomic E-state index is 8.62. The van der Waals surface area contributed by atoms with Gasteiger partial charge < -0.3 is 0 Å². The molecule has 0 atom stereocenters. The molecule has 7 heteroatoms. The standard InChI is InChI=1S/C10H5N7/c11-5-9-12-6-17(16-9)10-13-7-3-1-2-4-8(7)14-15-10/h1-4,6H. The van der Waals surface area contributed by atoms with E-state index >= 15 is 0 Å². The normalized spacial score (nSPS) is 10.3. The van der Waals surface area contributed by atoms with Crippen molar-refractivity contribution in [1.82, 2.24) is 29.9 Å². The lowest BCUT2D eigenvalue weighted by molar-refractivity contribution is 0.782. The predicted octanol–water partition coefficient (Wildman–Crippen LogP) is 0.477. The van der Waals surface area contributed by atoms with Crippen LogP contribution < -0.4 is 0 Å². The number of hydrogen-bond donors (Lipinski definition) is 0. The van der Waals surface area contributed by atoms with E-state index in [0.29, 0.717) is 11.0 Å². The summed E-state index contributed by atoms with van der Waals surface area (Å²) in [6.07, 6.45) is 1.38. The van der Waals surface area contributed by atoms with Crippen LogP contribution in [0.4, 0.5) is 0 Å². The molecule has 0 spiro atoms. The van der Waals surface area contributed by atoms with Crippen molar-refractivity contribution in [3.05, 3.63) is 36.4 Å². The van der Waals surface area contributed by atoms with Gasteiger partial charge in [0.15, 0.2) is 0 Å². The number of nitrogens with zero attached hydrogens (tertiary/aromatic N) is 7. The Bertz CT molecular complexity index is 725. The molecule has 3 rings (SSSR count). The Morgan fingerprint density at radius 1 is 1.12 bits per heavy atom. The summed E-state index contributed by atoms with van der Waals surface area (Å²) in [5.41, 5.74) is 1.42. The van der Waals surface area contributed by atoms with Crippen molar-refractivity contribution in [3.8, 4) is 12.0 Å². The van der Waals surface area contributed by atoms with Crippen molar-refractivity contribution in [2.75, 3.05) is 0 Å². The third-order valence-corrected chi connectivity index (χ3v) is 2.15. The van der Waals surface area contributed by atoms with Crippen LogP contribution >= 0.6 is 0 Å². The highest BCUT2D eigenvalue weighted by atomic mass is 15.4. The highest BCUT2D eigenvalue weighted by Gasteiger charge is 2.06. The zero-order chi connectivity index (χ0) is 11.7. The molecule has 80 valence electrons. The lowest BCUT2D eigenvalue weighted by atomic mass is 10.3. The van der Waals surface area contributed by atoms with Gasteiger partial charge in [-0.25, -0.2) is 9.97 Å². The smallest absolute Gasteiger partial charge is 0.208 e. The highest BCUT2D eigenvalue weighted by Crippen LogP contribution is 2.08. The Hall–Kier alpha value is -2.88. The summed E-state index contributed by atoms with van der Waals surface area (Å²) in [6.45, 7) is 0. The van der Waals surface area contributed by atoms with E-state index in [1.165, 1.54) is 11.0 Å². The first-order valence-corrected chi connectivity index (χ1v) is 4.78. The quantitative estimate of drug-likeness (QED) is 0.595. The van der Waals surface area contributed by atoms with Gasteiger partial charge in [-0.05, 0) is 12.1 Å². The number of fused-ring (bicyclic) bond motifs is 1. The molecule has 0 radical (unpaired) electrons. The molecule has 1 aromatic carbocycles. The fraction of sp³-hybridized carbons (Fsp3) is 0. The molecule has 0 fully saturated rings. The van der Waals surface area contributed by atoms with Gasteiger partial charge >= 0.3 is 0 Å². The van der Waals surface area contributed by atoms with E-state index in [-0.39, 0.29) is 11.8 Å². The van der Waals surface area contributed by atoms with Crippen LogP contribution in [0.5, 0.6) is 0 Å². The number of aromatic nitrogens is 6. The zero-order valence-electron chi connectivity index (χ0n) is 8.52. The molecule has 2 aromatic heterocycles. The molecule has 2 heterocycles. The van der Waals surface area contributed by atoms with E-state index in [2.05, 4.69) is 25.3 Å². The van der Waals surface area contributed by atoms with E-state index in [1.807, 2.05) is 30.3 Å². The number of nitriles is 1. The van der Waals surface area contributed by atoms with Crippen LogP contribution in [0, 0.1) is 11.3 Å². The molecule has 0 bridgehead atoms. The van der Waals surface area contributed by atoms with Gasteiger partial charge in [0.05, 0.1) is 5.52 Å². The van der Waals surface area contributed by atoms with Gasteiger partial charge in [-0.15, -0.1) is 15.3 Å². The minimum absolute atomic E-state index is 0.0711. The fourth-order valence-electron chi connectivity index (χ4n) is 1.38. The molecule has 17 heavy (non-hydrogen) atoms. The first kappa shape index (κ1) is 9.35. The van der Waals surface area contributed by atoms with Crippen LogP contribution in [-0.2, 0) is 0 Å². The second-order valence-electron chi connectivity index (χ2n) is 3.23. The summed E-state index contributed by atoms with van der Waals surface area (Å²) >= 11 is 0. The largest absolute Gasteiger partial charge is 0.272 e. The van der Waals surface area contributed by atoms with E-state index in [9.17, 15) is 0 Å². The van der Waals surface area contributed by atoms with Crippen molar-refractivity contribution in [1.29, 1.82) is 5.26 Å². The third-order valence-electron chi connectivity index (χ3n) is 2.15. The van der Waals surface area contributed by atoms with E-state index in [0.717, 1.165) is 0 Å². The predicted molar refractivity (Wildman–Crippen MR) is 57.0 cm³/mol. The molecule has 0 saturated carbocycles. The van der Waals surface area contributed by atoms with Gasteiger partial charge in [0.1, 0.15) is 17.9 Å². The fourth-order valence-corrected chi connectivity index (χ4v) is 1.38. The number of rotatable bonds is 1.